The van der Waals surface area contributed by atoms with Crippen LogP contribution in [0.1, 0.15) is 44.9 Å². The van der Waals surface area contributed by atoms with E-state index in [0.717, 1.165) is 38.7 Å². The van der Waals surface area contributed by atoms with Crippen molar-refractivity contribution in [2.24, 2.45) is 0 Å². The minimum atomic E-state index is 0.394. The van der Waals surface area contributed by atoms with Crippen LogP contribution >= 0.6 is 0 Å². The minimum Gasteiger partial charge on any atom is -0.377 e. The number of anilines is 1. The Kier molecular flexibility index (Phi) is 5.38. The zero-order chi connectivity index (χ0) is 14.5. The van der Waals surface area contributed by atoms with E-state index in [0.29, 0.717) is 12.0 Å². The van der Waals surface area contributed by atoms with E-state index in [9.17, 15) is 0 Å². The van der Waals surface area contributed by atoms with Gasteiger partial charge in [-0.15, -0.1) is 0 Å². The highest BCUT2D eigenvalue weighted by atomic mass is 16.5. The summed E-state index contributed by atoms with van der Waals surface area (Å²) in [4.78, 5) is 7.22. The highest BCUT2D eigenvalue weighted by Gasteiger charge is 2.21. The Hall–Kier alpha value is -1.13. The van der Waals surface area contributed by atoms with Crippen LogP contribution in [-0.2, 0) is 11.3 Å². The first kappa shape index (κ1) is 15.3. The SMILES string of the molecule is CCNCc1cc(C(C)C)nc(N2CCOCC2C)c1. The van der Waals surface area contributed by atoms with Gasteiger partial charge in [-0.05, 0) is 37.1 Å². The van der Waals surface area contributed by atoms with Gasteiger partial charge < -0.3 is 15.0 Å². The zero-order valence-electron chi connectivity index (χ0n) is 13.1. The van der Waals surface area contributed by atoms with Crippen LogP contribution in [0.3, 0.4) is 0 Å². The summed E-state index contributed by atoms with van der Waals surface area (Å²) < 4.78 is 5.52. The molecule has 1 fully saturated rings. The second-order valence-electron chi connectivity index (χ2n) is 5.81. The monoisotopic (exact) mass is 277 g/mol. The van der Waals surface area contributed by atoms with Crippen molar-refractivity contribution in [3.05, 3.63) is 23.4 Å². The second-order valence-corrected chi connectivity index (χ2v) is 5.81. The first-order valence-corrected chi connectivity index (χ1v) is 7.67. The summed E-state index contributed by atoms with van der Waals surface area (Å²) in [5, 5.41) is 3.40. The van der Waals surface area contributed by atoms with Crippen LogP contribution in [-0.4, -0.2) is 37.3 Å². The summed E-state index contributed by atoms with van der Waals surface area (Å²) in [5.41, 5.74) is 2.49. The molecule has 0 aliphatic carbocycles. The van der Waals surface area contributed by atoms with Crippen molar-refractivity contribution >= 4 is 5.82 Å². The molecular weight excluding hydrogens is 250 g/mol. The van der Waals surface area contributed by atoms with Crippen LogP contribution < -0.4 is 10.2 Å². The van der Waals surface area contributed by atoms with Crippen LogP contribution in [0.15, 0.2) is 12.1 Å². The number of ether oxygens (including phenoxy) is 1. The molecule has 20 heavy (non-hydrogen) atoms. The third-order valence-corrected chi connectivity index (χ3v) is 3.72. The average Bonchev–Trinajstić information content (AvgIpc) is 2.45. The Bertz CT molecular complexity index is 434. The lowest BCUT2D eigenvalue weighted by atomic mass is 10.1. The summed E-state index contributed by atoms with van der Waals surface area (Å²) in [7, 11) is 0. The molecule has 4 nitrogen and oxygen atoms in total. The van der Waals surface area contributed by atoms with E-state index in [2.05, 4.69) is 50.0 Å². The molecule has 1 aliphatic rings. The van der Waals surface area contributed by atoms with Gasteiger partial charge in [-0.25, -0.2) is 4.98 Å². The molecule has 0 amide bonds. The summed E-state index contributed by atoms with van der Waals surface area (Å²) in [6, 6.07) is 4.84. The van der Waals surface area contributed by atoms with Gasteiger partial charge in [0.1, 0.15) is 5.82 Å². The maximum Gasteiger partial charge on any atom is 0.129 e. The van der Waals surface area contributed by atoms with E-state index < -0.39 is 0 Å². The molecule has 0 bridgehead atoms. The first-order chi connectivity index (χ1) is 9.61. The van der Waals surface area contributed by atoms with Gasteiger partial charge in [-0.2, -0.15) is 0 Å². The van der Waals surface area contributed by atoms with Crippen molar-refractivity contribution < 1.29 is 4.74 Å². The standard InChI is InChI=1S/C16H27N3O/c1-5-17-10-14-8-15(12(2)3)18-16(9-14)19-6-7-20-11-13(19)4/h8-9,12-13,17H,5-7,10-11H2,1-4H3. The molecule has 0 aromatic carbocycles. The van der Waals surface area contributed by atoms with Crippen LogP contribution in [0.2, 0.25) is 0 Å². The maximum absolute atomic E-state index is 5.52. The van der Waals surface area contributed by atoms with Gasteiger partial charge in [0.15, 0.2) is 0 Å². The lowest BCUT2D eigenvalue weighted by molar-refractivity contribution is 0.0985. The number of rotatable bonds is 5. The molecule has 0 spiro atoms. The molecule has 1 unspecified atom stereocenters. The molecule has 1 aromatic rings. The van der Waals surface area contributed by atoms with Crippen LogP contribution in [0, 0.1) is 0 Å². The molecule has 112 valence electrons. The fourth-order valence-electron chi connectivity index (χ4n) is 2.48. The second kappa shape index (κ2) is 7.04. The summed E-state index contributed by atoms with van der Waals surface area (Å²) in [5.74, 6) is 1.55. The Morgan fingerprint density at radius 3 is 2.90 bits per heavy atom. The quantitative estimate of drug-likeness (QED) is 0.897. The normalized spacial score (nSPS) is 19.6. The highest BCUT2D eigenvalue weighted by molar-refractivity contribution is 5.44. The molecule has 1 saturated heterocycles. The number of hydrogen-bond acceptors (Lipinski definition) is 4. The number of nitrogens with one attached hydrogen (secondary N) is 1. The maximum atomic E-state index is 5.52. The highest BCUT2D eigenvalue weighted by Crippen LogP contribution is 2.23. The lowest BCUT2D eigenvalue weighted by Gasteiger charge is -2.35. The average molecular weight is 277 g/mol. The molecule has 1 aliphatic heterocycles. The topological polar surface area (TPSA) is 37.4 Å². The first-order valence-electron chi connectivity index (χ1n) is 7.67. The number of morpholine rings is 1. The summed E-state index contributed by atoms with van der Waals surface area (Å²) >= 11 is 0. The predicted octanol–water partition coefficient (Wildman–Crippen LogP) is 2.54. The molecule has 4 heteroatoms. The predicted molar refractivity (Wildman–Crippen MR) is 83.3 cm³/mol. The van der Waals surface area contributed by atoms with Crippen molar-refractivity contribution in [1.82, 2.24) is 10.3 Å². The number of aromatic nitrogens is 1. The third kappa shape index (κ3) is 3.70. The molecule has 1 N–H and O–H groups in total. The molecule has 1 aromatic heterocycles. The Morgan fingerprint density at radius 2 is 2.25 bits per heavy atom. The van der Waals surface area contributed by atoms with E-state index in [-0.39, 0.29) is 0 Å². The smallest absolute Gasteiger partial charge is 0.129 e. The van der Waals surface area contributed by atoms with Crippen LogP contribution in [0.25, 0.3) is 0 Å². The van der Waals surface area contributed by atoms with Crippen molar-refractivity contribution in [2.75, 3.05) is 31.2 Å². The molecule has 0 radical (unpaired) electrons. The van der Waals surface area contributed by atoms with Crippen molar-refractivity contribution in [3.8, 4) is 0 Å². The Balaban J connectivity index is 2.27. The number of pyridine rings is 1. The molecular formula is C16H27N3O. The van der Waals surface area contributed by atoms with Gasteiger partial charge >= 0.3 is 0 Å². The molecule has 0 saturated carbocycles. The van der Waals surface area contributed by atoms with Gasteiger partial charge in [0.25, 0.3) is 0 Å². The van der Waals surface area contributed by atoms with Gasteiger partial charge in [0.2, 0.25) is 0 Å². The van der Waals surface area contributed by atoms with Crippen molar-refractivity contribution in [2.45, 2.75) is 46.2 Å². The van der Waals surface area contributed by atoms with E-state index >= 15 is 0 Å². The molecule has 1 atom stereocenters. The fourth-order valence-corrected chi connectivity index (χ4v) is 2.48. The van der Waals surface area contributed by atoms with Crippen molar-refractivity contribution in [3.63, 3.8) is 0 Å². The van der Waals surface area contributed by atoms with E-state index in [4.69, 9.17) is 9.72 Å². The third-order valence-electron chi connectivity index (χ3n) is 3.72. The van der Waals surface area contributed by atoms with Gasteiger partial charge in [0.05, 0.1) is 19.3 Å². The largest absolute Gasteiger partial charge is 0.377 e. The van der Waals surface area contributed by atoms with Crippen LogP contribution in [0.5, 0.6) is 0 Å². The van der Waals surface area contributed by atoms with Gasteiger partial charge in [-0.3, -0.25) is 0 Å². The number of hydrogen-bond donors (Lipinski definition) is 1. The van der Waals surface area contributed by atoms with E-state index in [1.165, 1.54) is 11.3 Å². The molecule has 2 rings (SSSR count). The zero-order valence-corrected chi connectivity index (χ0v) is 13.1. The fraction of sp³-hybridized carbons (Fsp3) is 0.688. The van der Waals surface area contributed by atoms with Gasteiger partial charge in [-0.1, -0.05) is 20.8 Å². The Morgan fingerprint density at radius 1 is 1.45 bits per heavy atom. The molecule has 2 heterocycles. The van der Waals surface area contributed by atoms with Crippen LogP contribution in [0.4, 0.5) is 5.82 Å². The number of nitrogens with zero attached hydrogens (tertiary/aromatic N) is 2. The van der Waals surface area contributed by atoms with E-state index in [1.807, 2.05) is 0 Å². The van der Waals surface area contributed by atoms with Gasteiger partial charge in [0, 0.05) is 18.8 Å². The Labute approximate surface area is 122 Å². The van der Waals surface area contributed by atoms with E-state index in [1.54, 1.807) is 0 Å². The van der Waals surface area contributed by atoms with Crippen molar-refractivity contribution in [1.29, 1.82) is 0 Å². The lowest BCUT2D eigenvalue weighted by Crippen LogP contribution is -2.44. The summed E-state index contributed by atoms with van der Waals surface area (Å²) in [6.07, 6.45) is 0. The minimum absolute atomic E-state index is 0.394. The summed E-state index contributed by atoms with van der Waals surface area (Å²) in [6.45, 7) is 13.1.